The van der Waals surface area contributed by atoms with Crippen LogP contribution in [-0.4, -0.2) is 24.0 Å². The molecule has 2 aromatic carbocycles. The molecule has 1 spiro atoms. The number of nitrogens with one attached hydrogen (secondary N) is 1. The number of furan rings is 1. The number of ether oxygens (including phenoxy) is 1. The molecule has 27 heavy (non-hydrogen) atoms. The zero-order chi connectivity index (χ0) is 18.4. The van der Waals surface area contributed by atoms with Gasteiger partial charge in [0, 0.05) is 30.5 Å². The van der Waals surface area contributed by atoms with Crippen LogP contribution in [0.3, 0.4) is 0 Å². The SMILES string of the molecule is Cc1oc2ccccc2c1CNC(=O)N1CCC2(C1)OCc1ccccc12. The van der Waals surface area contributed by atoms with E-state index in [0.717, 1.165) is 28.7 Å². The van der Waals surface area contributed by atoms with Gasteiger partial charge in [-0.25, -0.2) is 4.79 Å². The molecule has 5 heteroatoms. The van der Waals surface area contributed by atoms with Crippen molar-refractivity contribution in [2.75, 3.05) is 13.1 Å². The highest BCUT2D eigenvalue weighted by molar-refractivity contribution is 5.83. The average Bonchev–Trinajstić information content (AvgIpc) is 3.37. The second-order valence-electron chi connectivity index (χ2n) is 7.40. The molecule has 0 aliphatic carbocycles. The standard InChI is InChI=1S/C22H22N2O3/c1-15-18(17-7-3-5-9-20(17)27-15)12-23-21(25)24-11-10-22(14-24)19-8-4-2-6-16(19)13-26-22/h2-9H,10-14H2,1H3,(H,23,25). The number of nitrogens with zero attached hydrogens (tertiary/aromatic N) is 1. The maximum absolute atomic E-state index is 12.8. The highest BCUT2D eigenvalue weighted by atomic mass is 16.5. The van der Waals surface area contributed by atoms with Crippen LogP contribution < -0.4 is 5.32 Å². The molecule has 0 radical (unpaired) electrons. The van der Waals surface area contributed by atoms with Crippen LogP contribution in [0.2, 0.25) is 0 Å². The fourth-order valence-corrected chi connectivity index (χ4v) is 4.39. The van der Waals surface area contributed by atoms with Gasteiger partial charge in [-0.05, 0) is 24.1 Å². The van der Waals surface area contributed by atoms with Gasteiger partial charge in [0.05, 0.1) is 13.2 Å². The monoisotopic (exact) mass is 362 g/mol. The van der Waals surface area contributed by atoms with Crippen LogP contribution in [0.5, 0.6) is 0 Å². The zero-order valence-electron chi connectivity index (χ0n) is 15.3. The van der Waals surface area contributed by atoms with E-state index in [4.69, 9.17) is 9.15 Å². The summed E-state index contributed by atoms with van der Waals surface area (Å²) in [4.78, 5) is 14.6. The van der Waals surface area contributed by atoms with Gasteiger partial charge in [-0.3, -0.25) is 0 Å². The molecule has 0 bridgehead atoms. The number of hydrogen-bond donors (Lipinski definition) is 1. The molecule has 1 N–H and O–H groups in total. The van der Waals surface area contributed by atoms with E-state index in [2.05, 4.69) is 17.4 Å². The van der Waals surface area contributed by atoms with Crippen molar-refractivity contribution >= 4 is 17.0 Å². The molecule has 0 saturated carbocycles. The lowest BCUT2D eigenvalue weighted by Crippen LogP contribution is -2.40. The lowest BCUT2D eigenvalue weighted by molar-refractivity contribution is -0.0272. The molecule has 5 rings (SSSR count). The lowest BCUT2D eigenvalue weighted by atomic mass is 9.92. The van der Waals surface area contributed by atoms with E-state index in [1.807, 2.05) is 48.2 Å². The van der Waals surface area contributed by atoms with Crippen molar-refractivity contribution in [3.05, 3.63) is 71.0 Å². The normalized spacial score (nSPS) is 21.1. The van der Waals surface area contributed by atoms with E-state index in [-0.39, 0.29) is 11.6 Å². The first kappa shape index (κ1) is 16.4. The topological polar surface area (TPSA) is 54.7 Å². The van der Waals surface area contributed by atoms with Crippen molar-refractivity contribution in [1.82, 2.24) is 10.2 Å². The number of fused-ring (bicyclic) bond motifs is 3. The van der Waals surface area contributed by atoms with E-state index >= 15 is 0 Å². The Balaban J connectivity index is 1.30. The van der Waals surface area contributed by atoms with E-state index in [0.29, 0.717) is 26.2 Å². The maximum Gasteiger partial charge on any atom is 0.317 e. The second-order valence-corrected chi connectivity index (χ2v) is 7.40. The van der Waals surface area contributed by atoms with Crippen LogP contribution in [0.4, 0.5) is 4.79 Å². The number of likely N-dealkylation sites (tertiary alicyclic amines) is 1. The number of rotatable bonds is 2. The molecule has 1 unspecified atom stereocenters. The van der Waals surface area contributed by atoms with Crippen LogP contribution in [0, 0.1) is 6.92 Å². The van der Waals surface area contributed by atoms with Gasteiger partial charge in [0.25, 0.3) is 0 Å². The van der Waals surface area contributed by atoms with Gasteiger partial charge in [-0.2, -0.15) is 0 Å². The highest BCUT2D eigenvalue weighted by Crippen LogP contribution is 2.43. The Kier molecular flexibility index (Phi) is 3.72. The number of carbonyl (C=O) groups is 1. The lowest BCUT2D eigenvalue weighted by Gasteiger charge is -2.25. The predicted octanol–water partition coefficient (Wildman–Crippen LogP) is 4.08. The third kappa shape index (κ3) is 2.61. The summed E-state index contributed by atoms with van der Waals surface area (Å²) < 4.78 is 11.9. The minimum Gasteiger partial charge on any atom is -0.461 e. The number of urea groups is 1. The molecule has 2 aliphatic heterocycles. The fraction of sp³-hybridized carbons (Fsp3) is 0.318. The van der Waals surface area contributed by atoms with Gasteiger partial charge in [-0.15, -0.1) is 0 Å². The molecule has 5 nitrogen and oxygen atoms in total. The molecule has 1 aromatic heterocycles. The molecular formula is C22H22N2O3. The third-order valence-electron chi connectivity index (χ3n) is 5.85. The summed E-state index contributed by atoms with van der Waals surface area (Å²) in [5, 5.41) is 4.12. The Hall–Kier alpha value is -2.79. The Bertz CT molecular complexity index is 1030. The summed E-state index contributed by atoms with van der Waals surface area (Å²) in [5.41, 5.74) is 4.02. The summed E-state index contributed by atoms with van der Waals surface area (Å²) in [6, 6.07) is 16.2. The predicted molar refractivity (Wildman–Crippen MR) is 102 cm³/mol. The fourth-order valence-electron chi connectivity index (χ4n) is 4.39. The van der Waals surface area contributed by atoms with Gasteiger partial charge in [0.15, 0.2) is 0 Å². The molecule has 1 saturated heterocycles. The quantitative estimate of drug-likeness (QED) is 0.747. The van der Waals surface area contributed by atoms with Crippen LogP contribution >= 0.6 is 0 Å². The maximum atomic E-state index is 12.8. The van der Waals surface area contributed by atoms with Gasteiger partial charge < -0.3 is 19.4 Å². The number of aryl methyl sites for hydroxylation is 1. The molecule has 2 aliphatic rings. The number of hydrogen-bond acceptors (Lipinski definition) is 3. The summed E-state index contributed by atoms with van der Waals surface area (Å²) in [6.45, 7) is 4.33. The first-order valence-electron chi connectivity index (χ1n) is 9.38. The summed E-state index contributed by atoms with van der Waals surface area (Å²) in [5.74, 6) is 0.849. The van der Waals surface area contributed by atoms with Crippen molar-refractivity contribution in [2.24, 2.45) is 0 Å². The molecule has 3 heterocycles. The van der Waals surface area contributed by atoms with Crippen LogP contribution in [0.15, 0.2) is 52.9 Å². The Morgan fingerprint density at radius 2 is 2.00 bits per heavy atom. The van der Waals surface area contributed by atoms with Gasteiger partial charge >= 0.3 is 6.03 Å². The summed E-state index contributed by atoms with van der Waals surface area (Å²) in [7, 11) is 0. The largest absolute Gasteiger partial charge is 0.461 e. The number of amides is 2. The van der Waals surface area contributed by atoms with Crippen LogP contribution in [0.1, 0.15) is 28.9 Å². The first-order valence-corrected chi connectivity index (χ1v) is 9.38. The van der Waals surface area contributed by atoms with Crippen molar-refractivity contribution in [1.29, 1.82) is 0 Å². The highest BCUT2D eigenvalue weighted by Gasteiger charge is 2.46. The molecule has 3 aromatic rings. The summed E-state index contributed by atoms with van der Waals surface area (Å²) >= 11 is 0. The Morgan fingerprint density at radius 1 is 1.19 bits per heavy atom. The molecule has 138 valence electrons. The minimum atomic E-state index is -0.341. The Morgan fingerprint density at radius 3 is 2.93 bits per heavy atom. The number of carbonyl (C=O) groups excluding carboxylic acids is 1. The minimum absolute atomic E-state index is 0.0514. The van der Waals surface area contributed by atoms with Crippen LogP contribution in [0.25, 0.3) is 11.0 Å². The van der Waals surface area contributed by atoms with Crippen molar-refractivity contribution in [3.63, 3.8) is 0 Å². The third-order valence-corrected chi connectivity index (χ3v) is 5.85. The summed E-state index contributed by atoms with van der Waals surface area (Å²) in [6.07, 6.45) is 0.838. The molecular weight excluding hydrogens is 340 g/mol. The van der Waals surface area contributed by atoms with Gasteiger partial charge in [0.1, 0.15) is 16.9 Å². The average molecular weight is 362 g/mol. The Labute approximate surface area is 157 Å². The molecule has 1 atom stereocenters. The molecule has 2 amide bonds. The van der Waals surface area contributed by atoms with Gasteiger partial charge in [-0.1, -0.05) is 42.5 Å². The van der Waals surface area contributed by atoms with Crippen molar-refractivity contribution in [3.8, 4) is 0 Å². The smallest absolute Gasteiger partial charge is 0.317 e. The zero-order valence-corrected chi connectivity index (χ0v) is 15.3. The number of benzene rings is 2. The van der Waals surface area contributed by atoms with E-state index < -0.39 is 0 Å². The van der Waals surface area contributed by atoms with E-state index in [1.165, 1.54) is 11.1 Å². The van der Waals surface area contributed by atoms with Crippen molar-refractivity contribution < 1.29 is 13.9 Å². The molecule has 1 fully saturated rings. The van der Waals surface area contributed by atoms with E-state index in [1.54, 1.807) is 0 Å². The van der Waals surface area contributed by atoms with Crippen molar-refractivity contribution in [2.45, 2.75) is 32.1 Å². The van der Waals surface area contributed by atoms with Gasteiger partial charge in [0.2, 0.25) is 0 Å². The van der Waals surface area contributed by atoms with E-state index in [9.17, 15) is 4.79 Å². The first-order chi connectivity index (χ1) is 13.2. The second kappa shape index (κ2) is 6.13. The van der Waals surface area contributed by atoms with Crippen LogP contribution in [-0.2, 0) is 23.5 Å². The number of para-hydroxylation sites is 1.